The molecular formula is C65H132N14O26. The summed E-state index contributed by atoms with van der Waals surface area (Å²) in [7, 11) is 0. The molecule has 0 amide bonds. The molecule has 0 aromatic rings. The van der Waals surface area contributed by atoms with Gasteiger partial charge in [-0.3, -0.25) is 105 Å². The van der Waals surface area contributed by atoms with Gasteiger partial charge >= 0.3 is 0 Å². The van der Waals surface area contributed by atoms with Crippen LogP contribution >= 0.6 is 0 Å². The summed E-state index contributed by atoms with van der Waals surface area (Å²) in [5.74, 6) is 5.62. The van der Waals surface area contributed by atoms with Crippen LogP contribution in [0.25, 0.3) is 0 Å². The minimum absolute atomic E-state index is 0.00425. The fraction of sp³-hybridized carbons (Fsp3) is 1.00. The molecule has 0 saturated carbocycles. The van der Waals surface area contributed by atoms with Crippen molar-refractivity contribution in [3.8, 4) is 0 Å². The number of nitrogens with zero attached hydrogens (tertiary/aromatic N) is 13. The Morgan fingerprint density at radius 3 is 0.648 bits per heavy atom. The van der Waals surface area contributed by atoms with E-state index in [9.17, 15) is 127 Å². The number of hydrogen-bond acceptors (Lipinski definition) is 33. The summed E-state index contributed by atoms with van der Waals surface area (Å²) in [6, 6.07) is -10.3. The van der Waals surface area contributed by atoms with Crippen molar-refractivity contribution < 1.29 is 95.5 Å². The van der Waals surface area contributed by atoms with Crippen LogP contribution in [-0.2, 0) is 4.84 Å². The highest BCUT2D eigenvalue weighted by Crippen LogP contribution is 2.22. The summed E-state index contributed by atoms with van der Waals surface area (Å²) in [5.41, 5.74) is 0. The molecule has 0 spiro atoms. The fourth-order valence-corrected chi connectivity index (χ4v) is 13.2. The molecule has 0 rings (SSSR count). The third-order valence-corrected chi connectivity index (χ3v) is 19.5. The third-order valence-electron chi connectivity index (χ3n) is 19.5. The van der Waals surface area contributed by atoms with Gasteiger partial charge in [-0.2, -0.15) is 0 Å². The maximum atomic E-state index is 12.0. The van der Waals surface area contributed by atoms with E-state index in [0.717, 1.165) is 0 Å². The number of aliphatic hydroxyl groups is 11. The first-order valence-electron chi connectivity index (χ1n) is 37.0. The van der Waals surface area contributed by atoms with E-state index in [1.165, 1.54) is 48.5 Å². The van der Waals surface area contributed by atoms with Gasteiger partial charge in [-0.05, 0) is 85.7 Å². The Morgan fingerprint density at radius 1 is 0.276 bits per heavy atom. The van der Waals surface area contributed by atoms with Gasteiger partial charge in [-0.15, -0.1) is 0 Å². The van der Waals surface area contributed by atoms with Gasteiger partial charge in [0.2, 0.25) is 42.3 Å². The van der Waals surface area contributed by atoms with Crippen LogP contribution in [0.15, 0.2) is 0 Å². The predicted molar refractivity (Wildman–Crippen MR) is 387 cm³/mol. The third kappa shape index (κ3) is 45.0. The number of rotatable bonds is 66. The van der Waals surface area contributed by atoms with Crippen molar-refractivity contribution in [1.29, 1.82) is 0 Å². The Labute approximate surface area is 616 Å². The van der Waals surface area contributed by atoms with E-state index in [1.54, 1.807) is 54.2 Å². The second-order valence-corrected chi connectivity index (χ2v) is 30.0. The molecule has 40 nitrogen and oxygen atoms in total. The number of hydrogen-bond donors (Lipinski definition) is 12. The van der Waals surface area contributed by atoms with Gasteiger partial charge < -0.3 is 56.2 Å². The van der Waals surface area contributed by atoms with E-state index in [1.807, 2.05) is 9.80 Å². The number of aliphatic hydroxyl groups excluding tert-OH is 11. The quantitative estimate of drug-likeness (QED) is 0.0224. The van der Waals surface area contributed by atoms with Gasteiger partial charge in [0.05, 0.1) is 73.2 Å². The molecule has 23 unspecified atom stereocenters. The number of nitro groups is 7. The molecule has 618 valence electrons. The first kappa shape index (κ1) is 100. The van der Waals surface area contributed by atoms with E-state index in [-0.39, 0.29) is 162 Å². The highest BCUT2D eigenvalue weighted by atomic mass is 16.7. The van der Waals surface area contributed by atoms with Crippen LogP contribution in [0.1, 0.15) is 186 Å². The van der Waals surface area contributed by atoms with E-state index in [2.05, 4.69) is 0 Å². The minimum atomic E-state index is -1.28. The lowest BCUT2D eigenvalue weighted by atomic mass is 10.0. The molecule has 0 heterocycles. The highest BCUT2D eigenvalue weighted by Gasteiger charge is 2.35. The molecule has 13 N–H and O–H groups in total. The van der Waals surface area contributed by atoms with Crippen molar-refractivity contribution in [3.05, 3.63) is 70.8 Å². The zero-order valence-corrected chi connectivity index (χ0v) is 63.9. The van der Waals surface area contributed by atoms with Crippen LogP contribution in [0.5, 0.6) is 0 Å². The molecule has 0 saturated heterocycles. The van der Waals surface area contributed by atoms with Gasteiger partial charge in [0.25, 0.3) is 0 Å². The van der Waals surface area contributed by atoms with Crippen molar-refractivity contribution in [2.45, 2.75) is 326 Å². The zero-order chi connectivity index (χ0) is 80.7. The van der Waals surface area contributed by atoms with Crippen molar-refractivity contribution in [2.24, 2.45) is 5.90 Å². The van der Waals surface area contributed by atoms with Gasteiger partial charge in [0, 0.05) is 231 Å². The fourth-order valence-electron chi connectivity index (χ4n) is 13.2. The van der Waals surface area contributed by atoms with Crippen LogP contribution in [0, 0.1) is 70.8 Å². The lowest BCUT2D eigenvalue weighted by Gasteiger charge is -2.36. The van der Waals surface area contributed by atoms with Gasteiger partial charge in [0.1, 0.15) is 0 Å². The lowest BCUT2D eigenvalue weighted by molar-refractivity contribution is -0.521. The Balaban J connectivity index is 7.40. The number of unbranched alkanes of at least 4 members (excludes halogenated alkanes) is 3. The van der Waals surface area contributed by atoms with Crippen molar-refractivity contribution >= 4 is 0 Å². The van der Waals surface area contributed by atoms with Crippen LogP contribution in [-0.4, -0.2) is 351 Å². The first-order valence-corrected chi connectivity index (χ1v) is 37.0. The van der Waals surface area contributed by atoms with E-state index in [0.29, 0.717) is 32.1 Å². The van der Waals surface area contributed by atoms with E-state index in [4.69, 9.17) is 10.7 Å². The average molecular weight is 1530 g/mol. The Bertz CT molecular complexity index is 2390. The van der Waals surface area contributed by atoms with Gasteiger partial charge in [-0.25, -0.2) is 5.90 Å². The maximum Gasteiger partial charge on any atom is 0.213 e. The summed E-state index contributed by atoms with van der Waals surface area (Å²) >= 11 is 0. The monoisotopic (exact) mass is 1520 g/mol. The SMILES string of the molecule is CCC(O)CN(CC(O)CC(C)[N+](=O)[O-])C(C)CC(O)CN(CCCCCCN(CC(O)CC(C)N(CC(O)CC(C)[N+](=O)[O-])CC(O)CC(C)[N+](=O)[O-])CC(O)CC(C)N(CC(O)CC(C)[N+](=O)[O-])CC(CC(C)[N+](=O)[O-])ON)CC(O)CC(C)N(CC(O)CC(C)[N+](=O)[O-])CC(O)CC(C)[N+](=O)[O-]. The van der Waals surface area contributed by atoms with Crippen molar-refractivity contribution in [1.82, 2.24) is 29.4 Å². The van der Waals surface area contributed by atoms with Gasteiger partial charge in [0.15, 0.2) is 0 Å². The summed E-state index contributed by atoms with van der Waals surface area (Å²) in [6.07, 6.45) is -13.1. The molecule has 0 bridgehead atoms. The van der Waals surface area contributed by atoms with Crippen LogP contribution in [0.2, 0.25) is 0 Å². The second kappa shape index (κ2) is 53.0. The summed E-state index contributed by atoms with van der Waals surface area (Å²) in [5, 5.41) is 205. The van der Waals surface area contributed by atoms with Crippen LogP contribution in [0.4, 0.5) is 0 Å². The molecular weight excluding hydrogens is 1390 g/mol. The van der Waals surface area contributed by atoms with Crippen molar-refractivity contribution in [2.75, 3.05) is 91.6 Å². The van der Waals surface area contributed by atoms with Gasteiger partial charge in [-0.1, -0.05) is 19.8 Å². The average Bonchev–Trinajstić information content (AvgIpc) is 0.891. The molecule has 0 radical (unpaired) electrons. The topological polar surface area (TPSA) is 579 Å². The maximum absolute atomic E-state index is 12.0. The van der Waals surface area contributed by atoms with Crippen molar-refractivity contribution in [3.63, 3.8) is 0 Å². The Morgan fingerprint density at radius 2 is 0.457 bits per heavy atom. The molecule has 23 atom stereocenters. The zero-order valence-electron chi connectivity index (χ0n) is 63.9. The molecule has 0 fully saturated rings. The van der Waals surface area contributed by atoms with E-state index < -0.39 is 174 Å². The van der Waals surface area contributed by atoms with E-state index >= 15 is 0 Å². The molecule has 105 heavy (non-hydrogen) atoms. The molecule has 0 aromatic carbocycles. The largest absolute Gasteiger partial charge is 0.392 e. The summed E-state index contributed by atoms with van der Waals surface area (Å²) in [4.78, 5) is 92.4. The molecule has 40 heteroatoms. The molecule has 0 aliphatic heterocycles. The smallest absolute Gasteiger partial charge is 0.213 e. The van der Waals surface area contributed by atoms with Crippen LogP contribution < -0.4 is 5.90 Å². The standard InChI is InChI=1S/C65H132N14O26/c1-13-54(80)35-69(36-59(85)24-47(6)73(91)92)43(2)20-55(81)31-67(32-56(82)21-44(3)70(37-60(86)25-48(7)74(93)94)38-61(87)26-49(8)75(95)96)18-16-14-15-17-19-68(33-57(83)22-45(4)71(39-62(88)27-50(9)76(97)98)40-63(89)28-51(10)77(99)100)34-58(84)23-46(5)72(41-64(90)29-52(11)78(101)102)42-65(105-66)30-53(12)79(103)104/h43-65,80-90H,13-42,66H2,1-12H3. The molecule has 0 aliphatic rings. The molecule has 0 aromatic heterocycles. The first-order chi connectivity index (χ1) is 48.8. The normalized spacial score (nSPS) is 19.1. The molecule has 0 aliphatic carbocycles. The summed E-state index contributed by atoms with van der Waals surface area (Å²) < 4.78 is 0. The Hall–Kier alpha value is -4.96. The minimum Gasteiger partial charge on any atom is -0.392 e. The lowest BCUT2D eigenvalue weighted by Crippen LogP contribution is -2.49. The second-order valence-electron chi connectivity index (χ2n) is 30.0. The predicted octanol–water partition coefficient (Wildman–Crippen LogP) is 0.499. The number of nitrogens with two attached hydrogens (primary N) is 1. The Kier molecular flexibility index (Phi) is 50.5. The van der Waals surface area contributed by atoms with Crippen LogP contribution in [0.3, 0.4) is 0 Å². The highest BCUT2D eigenvalue weighted by molar-refractivity contribution is 4.86. The summed E-state index contributed by atoms with van der Waals surface area (Å²) in [6.45, 7) is 17.3.